The van der Waals surface area contributed by atoms with Crippen LogP contribution in [0.5, 0.6) is 5.75 Å². The number of aromatic hydroxyl groups is 1. The van der Waals surface area contributed by atoms with E-state index in [-0.39, 0.29) is 32.7 Å². The first-order chi connectivity index (χ1) is 9.38. The number of rotatable bonds is 3. The molecule has 0 aliphatic carbocycles. The molecule has 1 aliphatic rings. The van der Waals surface area contributed by atoms with Crippen molar-refractivity contribution in [2.45, 2.75) is 13.3 Å². The minimum absolute atomic E-state index is 0.0306. The van der Waals surface area contributed by atoms with Gasteiger partial charge in [-0.3, -0.25) is 9.59 Å². The summed E-state index contributed by atoms with van der Waals surface area (Å²) in [6, 6.07) is 3.03. The Balaban J connectivity index is 2.14. The number of anilines is 1. The number of benzene rings is 1. The number of phenols is 1. The van der Waals surface area contributed by atoms with Gasteiger partial charge in [0.15, 0.2) is 10.9 Å². The van der Waals surface area contributed by atoms with Gasteiger partial charge in [-0.05, 0) is 18.1 Å². The normalized spacial score (nSPS) is 18.6. The average molecular weight is 334 g/mol. The molecule has 7 heteroatoms. The zero-order chi connectivity index (χ0) is 14.9. The summed E-state index contributed by atoms with van der Waals surface area (Å²) >= 11 is 13.0. The van der Waals surface area contributed by atoms with E-state index < -0.39 is 0 Å². The van der Waals surface area contributed by atoms with Crippen molar-refractivity contribution in [1.82, 2.24) is 0 Å². The van der Waals surface area contributed by atoms with Crippen LogP contribution in [0.15, 0.2) is 12.1 Å². The third kappa shape index (κ3) is 3.40. The Morgan fingerprint density at radius 2 is 2.05 bits per heavy atom. The molecule has 1 fully saturated rings. The smallest absolute Gasteiger partial charge is 0.227 e. The van der Waals surface area contributed by atoms with Crippen LogP contribution in [0.25, 0.3) is 0 Å². The molecule has 1 unspecified atom stereocenters. The van der Waals surface area contributed by atoms with Gasteiger partial charge in [-0.15, -0.1) is 0 Å². The lowest BCUT2D eigenvalue weighted by Gasteiger charge is -2.18. The van der Waals surface area contributed by atoms with E-state index in [1.807, 2.05) is 0 Å². The maximum atomic E-state index is 12.0. The molecule has 0 aromatic heterocycles. The summed E-state index contributed by atoms with van der Waals surface area (Å²) in [5.41, 5.74) is 0.568. The number of halogens is 2. The Bertz CT molecular complexity index is 542. The van der Waals surface area contributed by atoms with Crippen molar-refractivity contribution in [3.63, 3.8) is 0 Å². The lowest BCUT2D eigenvalue weighted by atomic mass is 10.1. The van der Waals surface area contributed by atoms with Crippen LogP contribution in [0.4, 0.5) is 5.69 Å². The van der Waals surface area contributed by atoms with E-state index in [0.717, 1.165) is 0 Å². The Morgan fingerprint density at radius 1 is 1.45 bits per heavy atom. The molecule has 1 atom stereocenters. The summed E-state index contributed by atoms with van der Waals surface area (Å²) in [6.07, 6.45) is 0.399. The monoisotopic (exact) mass is 333 g/mol. The maximum Gasteiger partial charge on any atom is 0.227 e. The van der Waals surface area contributed by atoms with Gasteiger partial charge in [0.2, 0.25) is 5.91 Å². The van der Waals surface area contributed by atoms with Crippen LogP contribution in [0.1, 0.15) is 13.3 Å². The highest BCUT2D eigenvalue weighted by atomic mass is 35.5. The molecule has 1 saturated heterocycles. The molecule has 1 aromatic rings. The van der Waals surface area contributed by atoms with Gasteiger partial charge in [-0.1, -0.05) is 35.0 Å². The number of carbonyl (C=O) groups excluding carboxylic acids is 2. The summed E-state index contributed by atoms with van der Waals surface area (Å²) in [6.45, 7) is 2.04. The second kappa shape index (κ2) is 6.24. The Labute approximate surface area is 131 Å². The Hall–Kier alpha value is -0.910. The van der Waals surface area contributed by atoms with Gasteiger partial charge >= 0.3 is 0 Å². The number of phenolic OH excluding ortho intramolecular Hbond substituents is 1. The van der Waals surface area contributed by atoms with E-state index in [0.29, 0.717) is 24.4 Å². The number of hydrogen-bond acceptors (Lipinski definition) is 4. The standard InChI is InChI=1S/C13H13Cl2NO3S/c1-7(17)20-6-8-2-12(18)16(5-8)9-3-10(14)13(19)11(15)4-9/h3-4,8,19H,2,5-6H2,1H3. The molecule has 0 radical (unpaired) electrons. The predicted molar refractivity (Wildman–Crippen MR) is 81.7 cm³/mol. The van der Waals surface area contributed by atoms with Crippen molar-refractivity contribution in [2.24, 2.45) is 5.92 Å². The number of amides is 1. The zero-order valence-electron chi connectivity index (χ0n) is 10.7. The Morgan fingerprint density at radius 3 is 2.60 bits per heavy atom. The highest BCUT2D eigenvalue weighted by molar-refractivity contribution is 8.13. The summed E-state index contributed by atoms with van der Waals surface area (Å²) < 4.78 is 0. The fourth-order valence-electron chi connectivity index (χ4n) is 2.09. The molecule has 4 nitrogen and oxygen atoms in total. The molecule has 1 amide bonds. The third-order valence-corrected chi connectivity index (χ3v) is 4.66. The lowest BCUT2D eigenvalue weighted by Crippen LogP contribution is -2.24. The first kappa shape index (κ1) is 15.5. The van der Waals surface area contributed by atoms with Crippen LogP contribution in [-0.4, -0.2) is 28.4 Å². The molecule has 0 saturated carbocycles. The topological polar surface area (TPSA) is 57.6 Å². The highest BCUT2D eigenvalue weighted by Crippen LogP contribution is 2.38. The van der Waals surface area contributed by atoms with Crippen molar-refractivity contribution in [3.05, 3.63) is 22.2 Å². The van der Waals surface area contributed by atoms with E-state index >= 15 is 0 Å². The summed E-state index contributed by atoms with van der Waals surface area (Å²) in [5.74, 6) is 0.532. The number of nitrogens with zero attached hydrogens (tertiary/aromatic N) is 1. The van der Waals surface area contributed by atoms with Crippen molar-refractivity contribution < 1.29 is 14.7 Å². The molecule has 1 aliphatic heterocycles. The van der Waals surface area contributed by atoms with Crippen molar-refractivity contribution in [2.75, 3.05) is 17.2 Å². The first-order valence-electron chi connectivity index (χ1n) is 6.00. The summed E-state index contributed by atoms with van der Waals surface area (Å²) in [5, 5.41) is 9.80. The minimum Gasteiger partial charge on any atom is -0.505 e. The second-order valence-electron chi connectivity index (χ2n) is 4.64. The zero-order valence-corrected chi connectivity index (χ0v) is 13.1. The lowest BCUT2D eigenvalue weighted by molar-refractivity contribution is -0.117. The van der Waals surface area contributed by atoms with Gasteiger partial charge < -0.3 is 10.0 Å². The fourth-order valence-corrected chi connectivity index (χ4v) is 3.26. The number of carbonyl (C=O) groups is 2. The third-order valence-electron chi connectivity index (χ3n) is 3.04. The van der Waals surface area contributed by atoms with Crippen LogP contribution in [0.3, 0.4) is 0 Å². The van der Waals surface area contributed by atoms with Crippen LogP contribution >= 0.6 is 35.0 Å². The summed E-state index contributed by atoms with van der Waals surface area (Å²) in [4.78, 5) is 24.6. The van der Waals surface area contributed by atoms with Gasteiger partial charge in [0.05, 0.1) is 10.0 Å². The number of thioether (sulfide) groups is 1. The van der Waals surface area contributed by atoms with Crippen LogP contribution in [0, 0.1) is 5.92 Å². The SMILES string of the molecule is CC(=O)SCC1CC(=O)N(c2cc(Cl)c(O)c(Cl)c2)C1. The van der Waals surface area contributed by atoms with E-state index in [1.54, 1.807) is 4.90 Å². The van der Waals surface area contributed by atoms with Gasteiger partial charge in [-0.25, -0.2) is 0 Å². The first-order valence-corrected chi connectivity index (χ1v) is 7.74. The molecule has 1 heterocycles. The van der Waals surface area contributed by atoms with Crippen molar-refractivity contribution in [1.29, 1.82) is 0 Å². The largest absolute Gasteiger partial charge is 0.505 e. The minimum atomic E-state index is -0.188. The number of hydrogen-bond donors (Lipinski definition) is 1. The average Bonchev–Trinajstić information content (AvgIpc) is 2.74. The Kier molecular flexibility index (Phi) is 4.83. The van der Waals surface area contributed by atoms with E-state index in [1.165, 1.54) is 30.8 Å². The molecular weight excluding hydrogens is 321 g/mol. The molecular formula is C13H13Cl2NO3S. The predicted octanol–water partition coefficient (Wildman–Crippen LogP) is 3.33. The van der Waals surface area contributed by atoms with Gasteiger partial charge in [0, 0.05) is 31.3 Å². The van der Waals surface area contributed by atoms with Crippen molar-refractivity contribution in [3.8, 4) is 5.75 Å². The van der Waals surface area contributed by atoms with E-state index in [2.05, 4.69) is 0 Å². The second-order valence-corrected chi connectivity index (χ2v) is 6.65. The molecule has 20 heavy (non-hydrogen) atoms. The van der Waals surface area contributed by atoms with E-state index in [4.69, 9.17) is 23.2 Å². The fraction of sp³-hybridized carbons (Fsp3) is 0.385. The quantitative estimate of drug-likeness (QED) is 0.921. The molecule has 108 valence electrons. The maximum absolute atomic E-state index is 12.0. The summed E-state index contributed by atoms with van der Waals surface area (Å²) in [7, 11) is 0. The molecule has 1 N–H and O–H groups in total. The van der Waals surface area contributed by atoms with Crippen LogP contribution in [0.2, 0.25) is 10.0 Å². The molecule has 0 bridgehead atoms. The molecule has 2 rings (SSSR count). The van der Waals surface area contributed by atoms with Gasteiger partial charge in [0.25, 0.3) is 0 Å². The van der Waals surface area contributed by atoms with Crippen LogP contribution in [-0.2, 0) is 9.59 Å². The molecule has 1 aromatic carbocycles. The highest BCUT2D eigenvalue weighted by Gasteiger charge is 2.31. The van der Waals surface area contributed by atoms with Gasteiger partial charge in [0.1, 0.15) is 0 Å². The van der Waals surface area contributed by atoms with Gasteiger partial charge in [-0.2, -0.15) is 0 Å². The van der Waals surface area contributed by atoms with E-state index in [9.17, 15) is 14.7 Å². The molecule has 0 spiro atoms. The van der Waals surface area contributed by atoms with Crippen molar-refractivity contribution >= 4 is 51.7 Å². The van der Waals surface area contributed by atoms with Crippen LogP contribution < -0.4 is 4.90 Å².